The number of urea groups is 1. The predicted molar refractivity (Wildman–Crippen MR) is 81.6 cm³/mol. The Kier molecular flexibility index (Phi) is 4.65. The topological polar surface area (TPSA) is 81.1 Å². The third-order valence-corrected chi connectivity index (χ3v) is 3.45. The molecular formula is C15H19N5O2. The van der Waals surface area contributed by atoms with Gasteiger partial charge in [0.05, 0.1) is 18.3 Å². The number of anilines is 1. The summed E-state index contributed by atoms with van der Waals surface area (Å²) in [5.74, 6) is 0.515. The second kappa shape index (κ2) is 7.04. The number of aromatic nitrogens is 3. The van der Waals surface area contributed by atoms with Gasteiger partial charge in [-0.2, -0.15) is 5.10 Å². The minimum atomic E-state index is -0.265. The van der Waals surface area contributed by atoms with E-state index in [1.54, 1.807) is 16.9 Å². The van der Waals surface area contributed by atoms with Gasteiger partial charge < -0.3 is 10.1 Å². The Hall–Kier alpha value is -2.41. The molecule has 22 heavy (non-hydrogen) atoms. The lowest BCUT2D eigenvalue weighted by molar-refractivity contribution is 0.112. The van der Waals surface area contributed by atoms with Crippen LogP contribution >= 0.6 is 0 Å². The zero-order chi connectivity index (χ0) is 15.2. The third-order valence-electron chi connectivity index (χ3n) is 3.45. The van der Waals surface area contributed by atoms with Crippen LogP contribution in [0.25, 0.3) is 0 Å². The van der Waals surface area contributed by atoms with E-state index in [2.05, 4.69) is 20.7 Å². The molecular weight excluding hydrogens is 282 g/mol. The highest BCUT2D eigenvalue weighted by atomic mass is 16.5. The molecule has 1 aliphatic heterocycles. The van der Waals surface area contributed by atoms with Crippen molar-refractivity contribution in [3.8, 4) is 0 Å². The van der Waals surface area contributed by atoms with Gasteiger partial charge in [0, 0.05) is 31.6 Å². The van der Waals surface area contributed by atoms with Gasteiger partial charge >= 0.3 is 6.03 Å². The molecule has 3 heterocycles. The summed E-state index contributed by atoms with van der Waals surface area (Å²) in [5.41, 5.74) is 0.917. The summed E-state index contributed by atoms with van der Waals surface area (Å²) in [6.45, 7) is 1.88. The summed E-state index contributed by atoms with van der Waals surface area (Å²) < 4.78 is 7.19. The summed E-state index contributed by atoms with van der Waals surface area (Å²) in [6.07, 6.45) is 5.75. The summed E-state index contributed by atoms with van der Waals surface area (Å²) in [6, 6.07) is 7.23. The maximum absolute atomic E-state index is 11.8. The van der Waals surface area contributed by atoms with Crippen LogP contribution in [0.15, 0.2) is 36.7 Å². The van der Waals surface area contributed by atoms with Crippen molar-refractivity contribution >= 4 is 11.8 Å². The Morgan fingerprint density at radius 2 is 2.36 bits per heavy atom. The standard InChI is InChI=1S/C15H19N5O2/c21-15(17-10-13-5-3-9-22-13)18-14-6-8-20(19-14)11-12-4-1-2-7-16-12/h1-2,4,6-8,13H,3,5,9-11H2,(H2,17,18,19,21). The van der Waals surface area contributed by atoms with Crippen molar-refractivity contribution in [2.75, 3.05) is 18.5 Å². The maximum Gasteiger partial charge on any atom is 0.320 e. The van der Waals surface area contributed by atoms with Gasteiger partial charge in [-0.25, -0.2) is 4.79 Å². The summed E-state index contributed by atoms with van der Waals surface area (Å²) >= 11 is 0. The average molecular weight is 301 g/mol. The van der Waals surface area contributed by atoms with Gasteiger partial charge in [0.1, 0.15) is 0 Å². The number of carbonyl (C=O) groups excluding carboxylic acids is 1. The first kappa shape index (κ1) is 14.5. The van der Waals surface area contributed by atoms with Crippen LogP contribution < -0.4 is 10.6 Å². The lowest BCUT2D eigenvalue weighted by atomic mass is 10.2. The van der Waals surface area contributed by atoms with Crippen molar-refractivity contribution in [3.05, 3.63) is 42.4 Å². The van der Waals surface area contributed by atoms with Gasteiger partial charge in [-0.05, 0) is 25.0 Å². The predicted octanol–water partition coefficient (Wildman–Crippen LogP) is 1.63. The molecule has 3 rings (SSSR count). The average Bonchev–Trinajstić information content (AvgIpc) is 3.18. The van der Waals surface area contributed by atoms with Gasteiger partial charge in [0.25, 0.3) is 0 Å². The van der Waals surface area contributed by atoms with Crippen LogP contribution in [0, 0.1) is 0 Å². The number of hydrogen-bond acceptors (Lipinski definition) is 4. The molecule has 2 amide bonds. The molecule has 0 aromatic carbocycles. The monoisotopic (exact) mass is 301 g/mol. The molecule has 1 atom stereocenters. The number of rotatable bonds is 5. The van der Waals surface area contributed by atoms with Crippen LogP contribution in [-0.2, 0) is 11.3 Å². The van der Waals surface area contributed by atoms with E-state index in [4.69, 9.17) is 4.74 Å². The Labute approximate surface area is 128 Å². The Bertz CT molecular complexity index is 607. The molecule has 0 spiro atoms. The van der Waals surface area contributed by atoms with E-state index in [9.17, 15) is 4.79 Å². The molecule has 2 aromatic heterocycles. The Balaban J connectivity index is 1.47. The number of carbonyl (C=O) groups is 1. The first-order valence-electron chi connectivity index (χ1n) is 7.39. The van der Waals surface area contributed by atoms with Gasteiger partial charge in [-0.15, -0.1) is 0 Å². The lowest BCUT2D eigenvalue weighted by Crippen LogP contribution is -2.35. The van der Waals surface area contributed by atoms with E-state index in [0.717, 1.165) is 25.1 Å². The minimum Gasteiger partial charge on any atom is -0.376 e. The van der Waals surface area contributed by atoms with Crippen molar-refractivity contribution < 1.29 is 9.53 Å². The largest absolute Gasteiger partial charge is 0.376 e. The van der Waals surface area contributed by atoms with Crippen LogP contribution in [-0.4, -0.2) is 40.1 Å². The third kappa shape index (κ3) is 4.05. The van der Waals surface area contributed by atoms with Crippen molar-refractivity contribution in [1.82, 2.24) is 20.1 Å². The SMILES string of the molecule is O=C(NCC1CCCO1)Nc1ccn(Cc2ccccn2)n1. The van der Waals surface area contributed by atoms with E-state index in [1.807, 2.05) is 24.4 Å². The second-order valence-corrected chi connectivity index (χ2v) is 5.19. The summed E-state index contributed by atoms with van der Waals surface area (Å²) in [5, 5.41) is 9.81. The van der Waals surface area contributed by atoms with Crippen LogP contribution in [0.3, 0.4) is 0 Å². The summed E-state index contributed by atoms with van der Waals surface area (Å²) in [7, 11) is 0. The minimum absolute atomic E-state index is 0.132. The molecule has 7 nitrogen and oxygen atoms in total. The first-order valence-corrected chi connectivity index (χ1v) is 7.39. The molecule has 0 radical (unpaired) electrons. The highest BCUT2D eigenvalue weighted by Crippen LogP contribution is 2.10. The molecule has 2 aromatic rings. The lowest BCUT2D eigenvalue weighted by Gasteiger charge is -2.10. The molecule has 116 valence electrons. The van der Waals surface area contributed by atoms with Crippen molar-refractivity contribution in [3.63, 3.8) is 0 Å². The Morgan fingerprint density at radius 3 is 3.14 bits per heavy atom. The number of ether oxygens (including phenoxy) is 1. The highest BCUT2D eigenvalue weighted by molar-refractivity contribution is 5.88. The van der Waals surface area contributed by atoms with Crippen LogP contribution in [0.4, 0.5) is 10.6 Å². The van der Waals surface area contributed by atoms with E-state index < -0.39 is 0 Å². The smallest absolute Gasteiger partial charge is 0.320 e. The van der Waals surface area contributed by atoms with Crippen molar-refractivity contribution in [2.24, 2.45) is 0 Å². The normalized spacial score (nSPS) is 17.4. The number of pyridine rings is 1. The highest BCUT2D eigenvalue weighted by Gasteiger charge is 2.16. The van der Waals surface area contributed by atoms with Crippen LogP contribution in [0.5, 0.6) is 0 Å². The Morgan fingerprint density at radius 1 is 1.41 bits per heavy atom. The van der Waals surface area contributed by atoms with Crippen molar-refractivity contribution in [2.45, 2.75) is 25.5 Å². The van der Waals surface area contributed by atoms with E-state index >= 15 is 0 Å². The zero-order valence-corrected chi connectivity index (χ0v) is 12.2. The molecule has 1 unspecified atom stereocenters. The molecule has 0 aliphatic carbocycles. The molecule has 0 bridgehead atoms. The summed E-state index contributed by atoms with van der Waals surface area (Å²) in [4.78, 5) is 16.0. The van der Waals surface area contributed by atoms with Crippen LogP contribution in [0.1, 0.15) is 18.5 Å². The number of amides is 2. The number of nitrogens with zero attached hydrogens (tertiary/aromatic N) is 3. The number of hydrogen-bond donors (Lipinski definition) is 2. The van der Waals surface area contributed by atoms with Gasteiger partial charge in [0.2, 0.25) is 0 Å². The fourth-order valence-corrected chi connectivity index (χ4v) is 2.35. The maximum atomic E-state index is 11.8. The first-order chi connectivity index (χ1) is 10.8. The van der Waals surface area contributed by atoms with E-state index in [0.29, 0.717) is 18.9 Å². The molecule has 1 saturated heterocycles. The van der Waals surface area contributed by atoms with Crippen molar-refractivity contribution in [1.29, 1.82) is 0 Å². The van der Waals surface area contributed by atoms with Gasteiger partial charge in [-0.1, -0.05) is 6.07 Å². The fourth-order valence-electron chi connectivity index (χ4n) is 2.35. The van der Waals surface area contributed by atoms with Gasteiger partial charge in [0.15, 0.2) is 5.82 Å². The molecule has 2 N–H and O–H groups in total. The zero-order valence-electron chi connectivity index (χ0n) is 12.2. The second-order valence-electron chi connectivity index (χ2n) is 5.19. The van der Waals surface area contributed by atoms with E-state index in [1.165, 1.54) is 0 Å². The molecule has 7 heteroatoms. The van der Waals surface area contributed by atoms with Crippen LogP contribution in [0.2, 0.25) is 0 Å². The quantitative estimate of drug-likeness (QED) is 0.879. The molecule has 1 aliphatic rings. The molecule has 1 fully saturated rings. The fraction of sp³-hybridized carbons (Fsp3) is 0.400. The molecule has 0 saturated carbocycles. The van der Waals surface area contributed by atoms with Gasteiger partial charge in [-0.3, -0.25) is 15.0 Å². The number of nitrogens with one attached hydrogen (secondary N) is 2. The van der Waals surface area contributed by atoms with E-state index in [-0.39, 0.29) is 12.1 Å².